The molecule has 3 rings (SSSR count). The second-order valence-electron chi connectivity index (χ2n) is 7.05. The molecule has 0 saturated carbocycles. The second-order valence-corrected chi connectivity index (χ2v) is 8.96. The fraction of sp³-hybridized carbons (Fsp3) is 0.526. The van der Waals surface area contributed by atoms with Crippen molar-refractivity contribution in [2.24, 2.45) is 5.92 Å². The molecule has 0 radical (unpaired) electrons. The number of aryl methyl sites for hydroxylation is 1. The standard InChI is InChI=1S/C19H27N3O3S/c1-5-22-15(4)19(11-20-22)26(23,24)21-12-17(14(2)3)25-18(13-21)16-9-7-6-8-10-16/h6-11,14,17-18H,5,12-13H2,1-4H3/t17-,18+/m1/s1. The van der Waals surface area contributed by atoms with Crippen molar-refractivity contribution in [2.75, 3.05) is 13.1 Å². The molecule has 0 unspecified atom stereocenters. The van der Waals surface area contributed by atoms with Gasteiger partial charge in [-0.3, -0.25) is 4.68 Å². The molecule has 7 heteroatoms. The van der Waals surface area contributed by atoms with Gasteiger partial charge in [0.1, 0.15) is 4.90 Å². The Kier molecular flexibility index (Phi) is 5.50. The number of benzene rings is 1. The van der Waals surface area contributed by atoms with Crippen LogP contribution in [0.3, 0.4) is 0 Å². The number of rotatable bonds is 5. The molecule has 142 valence electrons. The van der Waals surface area contributed by atoms with E-state index in [1.807, 2.05) is 37.3 Å². The predicted octanol–water partition coefficient (Wildman–Crippen LogP) is 3.00. The van der Waals surface area contributed by atoms with E-state index in [-0.39, 0.29) is 23.0 Å². The van der Waals surface area contributed by atoms with Gasteiger partial charge in [-0.2, -0.15) is 9.40 Å². The molecule has 1 aliphatic rings. The van der Waals surface area contributed by atoms with Gasteiger partial charge in [0, 0.05) is 19.6 Å². The van der Waals surface area contributed by atoms with Gasteiger partial charge in [-0.05, 0) is 25.3 Å². The highest BCUT2D eigenvalue weighted by atomic mass is 32.2. The highest BCUT2D eigenvalue weighted by Crippen LogP contribution is 2.32. The van der Waals surface area contributed by atoms with Gasteiger partial charge < -0.3 is 4.74 Å². The van der Waals surface area contributed by atoms with Crippen molar-refractivity contribution in [3.05, 3.63) is 47.8 Å². The maximum Gasteiger partial charge on any atom is 0.246 e. The van der Waals surface area contributed by atoms with Crippen molar-refractivity contribution in [1.82, 2.24) is 14.1 Å². The van der Waals surface area contributed by atoms with Crippen LogP contribution in [0.4, 0.5) is 0 Å². The van der Waals surface area contributed by atoms with Crippen LogP contribution in [0.2, 0.25) is 0 Å². The van der Waals surface area contributed by atoms with E-state index >= 15 is 0 Å². The third-order valence-electron chi connectivity index (χ3n) is 4.98. The zero-order chi connectivity index (χ0) is 18.9. The summed E-state index contributed by atoms with van der Waals surface area (Å²) in [5, 5.41) is 4.21. The van der Waals surface area contributed by atoms with E-state index < -0.39 is 10.0 Å². The lowest BCUT2D eigenvalue weighted by atomic mass is 10.0. The normalized spacial score (nSPS) is 22.0. The van der Waals surface area contributed by atoms with Crippen LogP contribution >= 0.6 is 0 Å². The monoisotopic (exact) mass is 377 g/mol. The van der Waals surface area contributed by atoms with Gasteiger partial charge in [-0.25, -0.2) is 8.42 Å². The molecule has 0 N–H and O–H groups in total. The lowest BCUT2D eigenvalue weighted by Gasteiger charge is -2.39. The molecule has 2 heterocycles. The Morgan fingerprint density at radius 1 is 1.23 bits per heavy atom. The summed E-state index contributed by atoms with van der Waals surface area (Å²) in [6.07, 6.45) is 1.05. The van der Waals surface area contributed by atoms with Crippen molar-refractivity contribution in [1.29, 1.82) is 0 Å². The van der Waals surface area contributed by atoms with Crippen molar-refractivity contribution in [3.8, 4) is 0 Å². The van der Waals surface area contributed by atoms with Crippen LogP contribution in [0.15, 0.2) is 41.4 Å². The fourth-order valence-corrected chi connectivity index (χ4v) is 4.93. The summed E-state index contributed by atoms with van der Waals surface area (Å²) in [5.74, 6) is 0.221. The van der Waals surface area contributed by atoms with Gasteiger partial charge in [0.05, 0.1) is 24.1 Å². The maximum atomic E-state index is 13.3. The smallest absolute Gasteiger partial charge is 0.246 e. The first-order valence-electron chi connectivity index (χ1n) is 9.07. The molecule has 0 spiro atoms. The fourth-order valence-electron chi connectivity index (χ4n) is 3.31. The number of hydrogen-bond donors (Lipinski definition) is 0. The van der Waals surface area contributed by atoms with Crippen LogP contribution < -0.4 is 0 Å². The minimum atomic E-state index is -3.62. The zero-order valence-corrected chi connectivity index (χ0v) is 16.6. The number of nitrogens with zero attached hydrogens (tertiary/aromatic N) is 3. The molecule has 6 nitrogen and oxygen atoms in total. The van der Waals surface area contributed by atoms with Gasteiger partial charge in [0.15, 0.2) is 0 Å². The SMILES string of the molecule is CCn1ncc(S(=O)(=O)N2C[C@@H](c3ccccc3)O[C@@H](C(C)C)C2)c1C. The van der Waals surface area contributed by atoms with E-state index in [1.54, 1.807) is 15.9 Å². The average Bonchev–Trinajstić information content (AvgIpc) is 3.03. The van der Waals surface area contributed by atoms with Crippen LogP contribution in [0, 0.1) is 12.8 Å². The highest BCUT2D eigenvalue weighted by molar-refractivity contribution is 7.89. The number of aromatic nitrogens is 2. The Labute approximate surface area is 155 Å². The Balaban J connectivity index is 1.95. The van der Waals surface area contributed by atoms with Crippen LogP contribution in [0.25, 0.3) is 0 Å². The van der Waals surface area contributed by atoms with Crippen molar-refractivity contribution in [2.45, 2.75) is 51.3 Å². The maximum absolute atomic E-state index is 13.3. The number of hydrogen-bond acceptors (Lipinski definition) is 4. The van der Waals surface area contributed by atoms with Gasteiger partial charge >= 0.3 is 0 Å². The number of morpholine rings is 1. The van der Waals surface area contributed by atoms with E-state index in [1.165, 1.54) is 6.20 Å². The van der Waals surface area contributed by atoms with E-state index in [4.69, 9.17) is 4.74 Å². The minimum absolute atomic E-state index is 0.148. The molecule has 1 fully saturated rings. The summed E-state index contributed by atoms with van der Waals surface area (Å²) >= 11 is 0. The molecule has 0 bridgehead atoms. The zero-order valence-electron chi connectivity index (χ0n) is 15.8. The molecule has 0 amide bonds. The largest absolute Gasteiger partial charge is 0.367 e. The lowest BCUT2D eigenvalue weighted by Crippen LogP contribution is -2.48. The van der Waals surface area contributed by atoms with E-state index in [2.05, 4.69) is 18.9 Å². The topological polar surface area (TPSA) is 64.4 Å². The van der Waals surface area contributed by atoms with E-state index in [0.717, 1.165) is 5.56 Å². The quantitative estimate of drug-likeness (QED) is 0.803. The lowest BCUT2D eigenvalue weighted by molar-refractivity contribution is -0.0847. The molecule has 0 aliphatic carbocycles. The Bertz CT molecular complexity index is 846. The van der Waals surface area contributed by atoms with Crippen LogP contribution in [0.5, 0.6) is 0 Å². The second kappa shape index (κ2) is 7.50. The van der Waals surface area contributed by atoms with Crippen molar-refractivity contribution in [3.63, 3.8) is 0 Å². The number of sulfonamides is 1. The molecule has 1 saturated heterocycles. The minimum Gasteiger partial charge on any atom is -0.367 e. The van der Waals surface area contributed by atoms with Crippen molar-refractivity contribution < 1.29 is 13.2 Å². The van der Waals surface area contributed by atoms with Crippen molar-refractivity contribution >= 4 is 10.0 Å². The first-order chi connectivity index (χ1) is 12.3. The molecule has 2 aromatic rings. The third kappa shape index (κ3) is 3.56. The molecular formula is C19H27N3O3S. The first kappa shape index (κ1) is 19.1. The van der Waals surface area contributed by atoms with Gasteiger partial charge in [0.25, 0.3) is 0 Å². The van der Waals surface area contributed by atoms with Gasteiger partial charge in [-0.1, -0.05) is 44.2 Å². The Hall–Kier alpha value is -1.70. The van der Waals surface area contributed by atoms with E-state index in [0.29, 0.717) is 25.3 Å². The first-order valence-corrected chi connectivity index (χ1v) is 10.5. The van der Waals surface area contributed by atoms with Crippen LogP contribution in [0.1, 0.15) is 38.1 Å². The molecule has 26 heavy (non-hydrogen) atoms. The summed E-state index contributed by atoms with van der Waals surface area (Å²) in [6.45, 7) is 9.19. The summed E-state index contributed by atoms with van der Waals surface area (Å²) in [5.41, 5.74) is 1.68. The van der Waals surface area contributed by atoms with Gasteiger partial charge in [0.2, 0.25) is 10.0 Å². The Morgan fingerprint density at radius 2 is 1.92 bits per heavy atom. The summed E-state index contributed by atoms with van der Waals surface area (Å²) in [7, 11) is -3.62. The average molecular weight is 378 g/mol. The van der Waals surface area contributed by atoms with E-state index in [9.17, 15) is 8.42 Å². The third-order valence-corrected chi connectivity index (χ3v) is 6.92. The van der Waals surface area contributed by atoms with Crippen LogP contribution in [-0.2, 0) is 21.3 Å². The summed E-state index contributed by atoms with van der Waals surface area (Å²) in [6, 6.07) is 9.82. The number of ether oxygens (including phenoxy) is 1. The van der Waals surface area contributed by atoms with Crippen LogP contribution in [-0.4, -0.2) is 41.7 Å². The Morgan fingerprint density at radius 3 is 2.50 bits per heavy atom. The summed E-state index contributed by atoms with van der Waals surface area (Å²) in [4.78, 5) is 0.288. The molecule has 1 aliphatic heterocycles. The summed E-state index contributed by atoms with van der Waals surface area (Å²) < 4.78 is 36.1. The highest BCUT2D eigenvalue weighted by Gasteiger charge is 2.38. The molecule has 2 atom stereocenters. The molecule has 1 aromatic carbocycles. The molecular weight excluding hydrogens is 350 g/mol. The molecule has 1 aromatic heterocycles. The van der Waals surface area contributed by atoms with Gasteiger partial charge in [-0.15, -0.1) is 0 Å². The predicted molar refractivity (Wildman–Crippen MR) is 100 cm³/mol.